The molecular weight excluding hydrogens is 262 g/mol. The van der Waals surface area contributed by atoms with Crippen LogP contribution in [0.5, 0.6) is 0 Å². The predicted octanol–water partition coefficient (Wildman–Crippen LogP) is 4.12. The molecular formula is C18H31NO2. The van der Waals surface area contributed by atoms with E-state index in [1.165, 1.54) is 11.1 Å². The third kappa shape index (κ3) is 12.1. The Balaban J connectivity index is 3.91. The fraction of sp³-hybridized carbons (Fsp3) is 0.611. The van der Waals surface area contributed by atoms with E-state index >= 15 is 0 Å². The zero-order valence-electron chi connectivity index (χ0n) is 14.4. The molecule has 0 saturated heterocycles. The van der Waals surface area contributed by atoms with Crippen molar-refractivity contribution in [2.24, 2.45) is 0 Å². The summed E-state index contributed by atoms with van der Waals surface area (Å²) in [6.45, 7) is 11.3. The van der Waals surface area contributed by atoms with Crippen LogP contribution in [0.4, 0.5) is 0 Å². The van der Waals surface area contributed by atoms with Crippen molar-refractivity contribution >= 4 is 5.97 Å². The Kier molecular flexibility index (Phi) is 10.6. The first kappa shape index (κ1) is 19.7. The fourth-order valence-electron chi connectivity index (χ4n) is 1.71. The van der Waals surface area contributed by atoms with Crippen molar-refractivity contribution in [2.45, 2.75) is 46.5 Å². The van der Waals surface area contributed by atoms with Gasteiger partial charge in [0.05, 0.1) is 0 Å². The maximum Gasteiger partial charge on any atom is 0.333 e. The molecule has 0 N–H and O–H groups in total. The molecule has 21 heavy (non-hydrogen) atoms. The standard InChI is InChI=1S/C18H31NO2/c1-15(2)9-7-10-16(3)11-8-12-17(4)18(20)21-14-13-19(5)6/h9,11H,4,7-8,10,12-14H2,1-3,5-6H3/b16-11+. The van der Waals surface area contributed by atoms with E-state index in [2.05, 4.69) is 39.5 Å². The van der Waals surface area contributed by atoms with E-state index in [1.54, 1.807) is 0 Å². The average Bonchev–Trinajstić information content (AvgIpc) is 2.37. The molecule has 0 unspecified atom stereocenters. The third-order valence-electron chi connectivity index (χ3n) is 3.09. The number of hydrogen-bond donors (Lipinski definition) is 0. The molecule has 3 nitrogen and oxygen atoms in total. The maximum absolute atomic E-state index is 11.7. The van der Waals surface area contributed by atoms with Crippen molar-refractivity contribution < 1.29 is 9.53 Å². The van der Waals surface area contributed by atoms with Gasteiger partial charge in [-0.25, -0.2) is 4.79 Å². The highest BCUT2D eigenvalue weighted by Crippen LogP contribution is 2.11. The molecule has 0 aliphatic rings. The van der Waals surface area contributed by atoms with Gasteiger partial charge in [0, 0.05) is 12.1 Å². The third-order valence-corrected chi connectivity index (χ3v) is 3.09. The highest BCUT2D eigenvalue weighted by Gasteiger charge is 2.07. The lowest BCUT2D eigenvalue weighted by atomic mass is 10.1. The van der Waals surface area contributed by atoms with Gasteiger partial charge in [-0.2, -0.15) is 0 Å². The molecule has 0 atom stereocenters. The van der Waals surface area contributed by atoms with Crippen molar-refractivity contribution in [1.29, 1.82) is 0 Å². The first-order valence-electron chi connectivity index (χ1n) is 7.61. The van der Waals surface area contributed by atoms with E-state index in [0.717, 1.165) is 25.8 Å². The quantitative estimate of drug-likeness (QED) is 0.345. The van der Waals surface area contributed by atoms with Crippen LogP contribution in [-0.2, 0) is 9.53 Å². The summed E-state index contributed by atoms with van der Waals surface area (Å²) in [5, 5.41) is 0. The predicted molar refractivity (Wildman–Crippen MR) is 90.3 cm³/mol. The van der Waals surface area contributed by atoms with Crippen LogP contribution < -0.4 is 0 Å². The highest BCUT2D eigenvalue weighted by molar-refractivity contribution is 5.87. The van der Waals surface area contributed by atoms with Gasteiger partial charge >= 0.3 is 5.97 Å². The summed E-state index contributed by atoms with van der Waals surface area (Å²) in [7, 11) is 3.90. The summed E-state index contributed by atoms with van der Waals surface area (Å²) >= 11 is 0. The van der Waals surface area contributed by atoms with Gasteiger partial charge in [-0.1, -0.05) is 29.9 Å². The Morgan fingerprint density at radius 3 is 2.29 bits per heavy atom. The second-order valence-electron chi connectivity index (χ2n) is 5.95. The summed E-state index contributed by atoms with van der Waals surface area (Å²) in [4.78, 5) is 13.7. The summed E-state index contributed by atoms with van der Waals surface area (Å²) < 4.78 is 5.15. The van der Waals surface area contributed by atoms with E-state index in [0.29, 0.717) is 18.6 Å². The lowest BCUT2D eigenvalue weighted by Crippen LogP contribution is -2.20. The summed E-state index contributed by atoms with van der Waals surface area (Å²) in [6.07, 6.45) is 8.11. The number of allylic oxidation sites excluding steroid dienone is 4. The Bertz CT molecular complexity index is 388. The van der Waals surface area contributed by atoms with Crippen LogP contribution in [0.2, 0.25) is 0 Å². The van der Waals surface area contributed by atoms with Crippen LogP contribution in [0.15, 0.2) is 35.5 Å². The number of nitrogens with zero attached hydrogens (tertiary/aromatic N) is 1. The van der Waals surface area contributed by atoms with Crippen molar-refractivity contribution in [3.05, 3.63) is 35.5 Å². The van der Waals surface area contributed by atoms with Gasteiger partial charge in [-0.05, 0) is 60.5 Å². The zero-order chi connectivity index (χ0) is 16.3. The van der Waals surface area contributed by atoms with Crippen molar-refractivity contribution in [3.63, 3.8) is 0 Å². The van der Waals surface area contributed by atoms with Crippen LogP contribution in [0, 0.1) is 0 Å². The number of ether oxygens (including phenoxy) is 1. The van der Waals surface area contributed by atoms with E-state index < -0.39 is 0 Å². The second-order valence-corrected chi connectivity index (χ2v) is 5.95. The van der Waals surface area contributed by atoms with Crippen LogP contribution in [0.1, 0.15) is 46.5 Å². The average molecular weight is 293 g/mol. The van der Waals surface area contributed by atoms with E-state index in [4.69, 9.17) is 4.74 Å². The zero-order valence-corrected chi connectivity index (χ0v) is 14.4. The molecule has 3 heteroatoms. The number of carbonyl (C=O) groups is 1. The lowest BCUT2D eigenvalue weighted by molar-refractivity contribution is -0.139. The molecule has 0 heterocycles. The first-order chi connectivity index (χ1) is 9.82. The van der Waals surface area contributed by atoms with Crippen molar-refractivity contribution in [2.75, 3.05) is 27.2 Å². The molecule has 0 aliphatic heterocycles. The minimum Gasteiger partial charge on any atom is -0.461 e. The molecule has 0 aromatic heterocycles. The molecule has 0 saturated carbocycles. The van der Waals surface area contributed by atoms with E-state index in [9.17, 15) is 4.79 Å². The smallest absolute Gasteiger partial charge is 0.333 e. The van der Waals surface area contributed by atoms with Crippen LogP contribution in [0.25, 0.3) is 0 Å². The molecule has 0 aliphatic carbocycles. The van der Waals surface area contributed by atoms with Crippen LogP contribution in [0.3, 0.4) is 0 Å². The molecule has 0 aromatic carbocycles. The number of rotatable bonds is 10. The Hall–Kier alpha value is -1.35. The molecule has 0 radical (unpaired) electrons. The van der Waals surface area contributed by atoms with Gasteiger partial charge in [0.25, 0.3) is 0 Å². The minimum atomic E-state index is -0.271. The van der Waals surface area contributed by atoms with Crippen molar-refractivity contribution in [3.8, 4) is 0 Å². The topological polar surface area (TPSA) is 29.5 Å². The first-order valence-corrected chi connectivity index (χ1v) is 7.61. The van der Waals surface area contributed by atoms with E-state index in [-0.39, 0.29) is 5.97 Å². The van der Waals surface area contributed by atoms with Gasteiger partial charge in [-0.15, -0.1) is 0 Å². The molecule has 0 aromatic rings. The van der Waals surface area contributed by atoms with Crippen LogP contribution >= 0.6 is 0 Å². The molecule has 0 bridgehead atoms. The molecule has 0 amide bonds. The fourth-order valence-corrected chi connectivity index (χ4v) is 1.71. The molecule has 0 fully saturated rings. The summed E-state index contributed by atoms with van der Waals surface area (Å²) in [5.41, 5.74) is 3.28. The Morgan fingerprint density at radius 2 is 1.71 bits per heavy atom. The van der Waals surface area contributed by atoms with Gasteiger partial charge in [0.1, 0.15) is 6.61 Å². The number of esters is 1. The normalized spacial score (nSPS) is 11.4. The van der Waals surface area contributed by atoms with Crippen LogP contribution in [-0.4, -0.2) is 38.1 Å². The number of carbonyl (C=O) groups excluding carboxylic acids is 1. The number of likely N-dealkylation sites (N-methyl/N-ethyl adjacent to an activating group) is 1. The molecule has 0 spiro atoms. The largest absolute Gasteiger partial charge is 0.461 e. The minimum absolute atomic E-state index is 0.271. The maximum atomic E-state index is 11.7. The molecule has 120 valence electrons. The lowest BCUT2D eigenvalue weighted by Gasteiger charge is -2.10. The Labute approximate surface area is 130 Å². The highest BCUT2D eigenvalue weighted by atomic mass is 16.5. The van der Waals surface area contributed by atoms with Gasteiger partial charge in [0.15, 0.2) is 0 Å². The SMILES string of the molecule is C=C(CC/C=C(\C)CCC=C(C)C)C(=O)OCCN(C)C. The van der Waals surface area contributed by atoms with E-state index in [1.807, 2.05) is 19.0 Å². The monoisotopic (exact) mass is 293 g/mol. The Morgan fingerprint density at radius 1 is 1.10 bits per heavy atom. The van der Waals surface area contributed by atoms with Gasteiger partial charge in [-0.3, -0.25) is 0 Å². The summed E-state index contributed by atoms with van der Waals surface area (Å²) in [5.74, 6) is -0.271. The van der Waals surface area contributed by atoms with Gasteiger partial charge in [0.2, 0.25) is 0 Å². The molecule has 0 rings (SSSR count). The number of hydrogen-bond acceptors (Lipinski definition) is 3. The second kappa shape index (κ2) is 11.3. The summed E-state index contributed by atoms with van der Waals surface area (Å²) in [6, 6.07) is 0. The van der Waals surface area contributed by atoms with Gasteiger partial charge < -0.3 is 9.64 Å². The van der Waals surface area contributed by atoms with Crippen molar-refractivity contribution in [1.82, 2.24) is 4.90 Å².